The Hall–Kier alpha value is -1.81. The molecule has 0 spiro atoms. The molecule has 1 aromatic carbocycles. The summed E-state index contributed by atoms with van der Waals surface area (Å²) in [6, 6.07) is 9.74. The van der Waals surface area contributed by atoms with Gasteiger partial charge in [-0.05, 0) is 38.6 Å². The Balaban J connectivity index is 1.99. The number of carbonyl (C=O) groups excluding carboxylic acids is 1. The van der Waals surface area contributed by atoms with Gasteiger partial charge in [0.25, 0.3) is 0 Å². The van der Waals surface area contributed by atoms with E-state index in [1.54, 1.807) is 0 Å². The minimum Gasteiger partial charge on any atom is -0.460 e. The summed E-state index contributed by atoms with van der Waals surface area (Å²) in [6.07, 6.45) is 0. The smallest absolute Gasteiger partial charge is 0.230 e. The number of fused-ring (bicyclic) bond motifs is 1. The first-order chi connectivity index (χ1) is 9.61. The summed E-state index contributed by atoms with van der Waals surface area (Å²) >= 11 is 0. The van der Waals surface area contributed by atoms with Crippen molar-refractivity contribution in [3.8, 4) is 0 Å². The molecule has 0 bridgehead atoms. The Labute approximate surface area is 119 Å². The molecule has 0 saturated heterocycles. The number of carbonyl (C=O) groups is 1. The van der Waals surface area contributed by atoms with Crippen LogP contribution in [0, 0.1) is 5.92 Å². The fourth-order valence-electron chi connectivity index (χ4n) is 2.19. The van der Waals surface area contributed by atoms with Gasteiger partial charge in [-0.25, -0.2) is 0 Å². The van der Waals surface area contributed by atoms with Crippen molar-refractivity contribution in [2.24, 2.45) is 5.92 Å². The van der Waals surface area contributed by atoms with E-state index in [0.29, 0.717) is 18.2 Å². The molecule has 0 fully saturated rings. The van der Waals surface area contributed by atoms with E-state index >= 15 is 0 Å². The Bertz CT molecular complexity index is 544. The van der Waals surface area contributed by atoms with Crippen LogP contribution in [0.4, 0.5) is 0 Å². The van der Waals surface area contributed by atoms with E-state index < -0.39 is 0 Å². The van der Waals surface area contributed by atoms with E-state index in [9.17, 15) is 4.79 Å². The maximum atomic E-state index is 12.1. The number of furan rings is 1. The maximum absolute atomic E-state index is 12.1. The molecule has 0 aliphatic heterocycles. The van der Waals surface area contributed by atoms with E-state index in [-0.39, 0.29) is 11.8 Å². The van der Waals surface area contributed by atoms with Crippen LogP contribution in [-0.2, 0) is 4.79 Å². The Morgan fingerprint density at radius 1 is 1.25 bits per heavy atom. The number of amides is 1. The van der Waals surface area contributed by atoms with E-state index in [0.717, 1.165) is 17.5 Å². The zero-order valence-electron chi connectivity index (χ0n) is 12.3. The number of hydrogen-bond donors (Lipinski definition) is 2. The SMILES string of the molecule is CNC[C@@H](C)CNC(=O)[C@@H](C)c1cc2ccccc2o1. The van der Waals surface area contributed by atoms with Crippen molar-refractivity contribution in [2.75, 3.05) is 20.1 Å². The summed E-state index contributed by atoms with van der Waals surface area (Å²) in [4.78, 5) is 12.1. The monoisotopic (exact) mass is 274 g/mol. The summed E-state index contributed by atoms with van der Waals surface area (Å²) in [7, 11) is 1.91. The fourth-order valence-corrected chi connectivity index (χ4v) is 2.19. The van der Waals surface area contributed by atoms with Crippen LogP contribution in [0.1, 0.15) is 25.5 Å². The molecule has 0 aliphatic rings. The zero-order chi connectivity index (χ0) is 14.5. The molecule has 0 unspecified atom stereocenters. The molecule has 0 radical (unpaired) electrons. The normalized spacial score (nSPS) is 14.2. The van der Waals surface area contributed by atoms with Gasteiger partial charge >= 0.3 is 0 Å². The minimum atomic E-state index is -0.274. The number of benzene rings is 1. The molecular weight excluding hydrogens is 252 g/mol. The molecule has 4 nitrogen and oxygen atoms in total. The fraction of sp³-hybridized carbons (Fsp3) is 0.438. The van der Waals surface area contributed by atoms with Crippen molar-refractivity contribution in [1.82, 2.24) is 10.6 Å². The second-order valence-corrected chi connectivity index (χ2v) is 5.32. The average Bonchev–Trinajstić information content (AvgIpc) is 2.88. The van der Waals surface area contributed by atoms with Crippen LogP contribution < -0.4 is 10.6 Å². The lowest BCUT2D eigenvalue weighted by Crippen LogP contribution is -2.34. The number of rotatable bonds is 6. The van der Waals surface area contributed by atoms with Gasteiger partial charge in [-0.2, -0.15) is 0 Å². The lowest BCUT2D eigenvalue weighted by molar-refractivity contribution is -0.122. The van der Waals surface area contributed by atoms with Gasteiger partial charge in [-0.3, -0.25) is 4.79 Å². The molecule has 4 heteroatoms. The van der Waals surface area contributed by atoms with Gasteiger partial charge in [0.05, 0.1) is 5.92 Å². The van der Waals surface area contributed by atoms with Gasteiger partial charge < -0.3 is 15.1 Å². The summed E-state index contributed by atoms with van der Waals surface area (Å²) in [5.41, 5.74) is 0.825. The van der Waals surface area contributed by atoms with Gasteiger partial charge in [-0.1, -0.05) is 25.1 Å². The highest BCUT2D eigenvalue weighted by molar-refractivity contribution is 5.85. The molecule has 108 valence electrons. The Morgan fingerprint density at radius 3 is 2.70 bits per heavy atom. The second kappa shape index (κ2) is 6.57. The minimum absolute atomic E-state index is 0.00649. The largest absolute Gasteiger partial charge is 0.460 e. The molecule has 1 amide bonds. The molecule has 1 heterocycles. The first-order valence-electron chi connectivity index (χ1n) is 7.02. The second-order valence-electron chi connectivity index (χ2n) is 5.32. The number of para-hydroxylation sites is 1. The zero-order valence-corrected chi connectivity index (χ0v) is 12.3. The number of hydrogen-bond acceptors (Lipinski definition) is 3. The van der Waals surface area contributed by atoms with E-state index in [1.165, 1.54) is 0 Å². The summed E-state index contributed by atoms with van der Waals surface area (Å²) in [5.74, 6) is 0.855. The Morgan fingerprint density at radius 2 is 2.00 bits per heavy atom. The molecule has 1 aromatic heterocycles. The number of nitrogens with one attached hydrogen (secondary N) is 2. The molecule has 20 heavy (non-hydrogen) atoms. The lowest BCUT2D eigenvalue weighted by Gasteiger charge is -2.14. The third-order valence-corrected chi connectivity index (χ3v) is 3.44. The van der Waals surface area contributed by atoms with Gasteiger partial charge in [-0.15, -0.1) is 0 Å². The van der Waals surface area contributed by atoms with Crippen molar-refractivity contribution in [2.45, 2.75) is 19.8 Å². The third-order valence-electron chi connectivity index (χ3n) is 3.44. The molecule has 0 aliphatic carbocycles. The van der Waals surface area contributed by atoms with Crippen LogP contribution in [0.5, 0.6) is 0 Å². The summed E-state index contributed by atoms with van der Waals surface area (Å²) in [6.45, 7) is 5.53. The maximum Gasteiger partial charge on any atom is 0.230 e. The predicted octanol–water partition coefficient (Wildman–Crippen LogP) is 2.51. The first kappa shape index (κ1) is 14.6. The first-order valence-corrected chi connectivity index (χ1v) is 7.02. The van der Waals surface area contributed by atoms with Crippen LogP contribution in [0.2, 0.25) is 0 Å². The van der Waals surface area contributed by atoms with Crippen LogP contribution in [0.3, 0.4) is 0 Å². The van der Waals surface area contributed by atoms with Crippen LogP contribution >= 0.6 is 0 Å². The van der Waals surface area contributed by atoms with Gasteiger partial charge in [0, 0.05) is 11.9 Å². The summed E-state index contributed by atoms with van der Waals surface area (Å²) in [5, 5.41) is 7.10. The van der Waals surface area contributed by atoms with Crippen molar-refractivity contribution in [3.63, 3.8) is 0 Å². The third kappa shape index (κ3) is 3.39. The van der Waals surface area contributed by atoms with Crippen LogP contribution in [0.25, 0.3) is 11.0 Å². The molecule has 2 atom stereocenters. The Kier molecular flexibility index (Phi) is 4.79. The highest BCUT2D eigenvalue weighted by Gasteiger charge is 2.19. The molecule has 2 aromatic rings. The van der Waals surface area contributed by atoms with Gasteiger partial charge in [0.15, 0.2) is 0 Å². The van der Waals surface area contributed by atoms with E-state index in [4.69, 9.17) is 4.42 Å². The summed E-state index contributed by atoms with van der Waals surface area (Å²) < 4.78 is 5.73. The molecular formula is C16H22N2O2. The standard InChI is InChI=1S/C16H22N2O2/c1-11(9-17-3)10-18-16(19)12(2)15-8-13-6-4-5-7-14(13)20-15/h4-8,11-12,17H,9-10H2,1-3H3,(H,18,19)/t11-,12+/m1/s1. The quantitative estimate of drug-likeness (QED) is 0.851. The van der Waals surface area contributed by atoms with Crippen molar-refractivity contribution in [3.05, 3.63) is 36.1 Å². The van der Waals surface area contributed by atoms with Gasteiger partial charge in [0.2, 0.25) is 5.91 Å². The van der Waals surface area contributed by atoms with Crippen molar-refractivity contribution in [1.29, 1.82) is 0 Å². The lowest BCUT2D eigenvalue weighted by atomic mass is 10.1. The topological polar surface area (TPSA) is 54.3 Å². The highest BCUT2D eigenvalue weighted by atomic mass is 16.3. The highest BCUT2D eigenvalue weighted by Crippen LogP contribution is 2.24. The van der Waals surface area contributed by atoms with Gasteiger partial charge in [0.1, 0.15) is 11.3 Å². The van der Waals surface area contributed by atoms with E-state index in [1.807, 2.05) is 44.3 Å². The average molecular weight is 274 g/mol. The van der Waals surface area contributed by atoms with E-state index in [2.05, 4.69) is 17.6 Å². The van der Waals surface area contributed by atoms with Crippen LogP contribution in [-0.4, -0.2) is 26.0 Å². The van der Waals surface area contributed by atoms with Crippen LogP contribution in [0.15, 0.2) is 34.7 Å². The van der Waals surface area contributed by atoms with Crippen molar-refractivity contribution < 1.29 is 9.21 Å². The molecule has 2 rings (SSSR count). The molecule has 0 saturated carbocycles. The molecule has 2 N–H and O–H groups in total. The predicted molar refractivity (Wildman–Crippen MR) is 80.7 cm³/mol. The van der Waals surface area contributed by atoms with Crippen molar-refractivity contribution >= 4 is 16.9 Å².